The van der Waals surface area contributed by atoms with E-state index in [1.54, 1.807) is 6.07 Å². The molecule has 0 bridgehead atoms. The molecule has 3 rings (SSSR count). The first-order chi connectivity index (χ1) is 12.7. The molecule has 2 aliphatic heterocycles. The van der Waals surface area contributed by atoms with Crippen molar-refractivity contribution < 1.29 is 28.0 Å². The topological polar surface area (TPSA) is 35.1 Å². The molecule has 152 valence electrons. The Morgan fingerprint density at radius 2 is 2.04 bits per heavy atom. The number of alkyl halides is 3. The summed E-state index contributed by atoms with van der Waals surface area (Å²) >= 11 is 0. The van der Waals surface area contributed by atoms with Crippen LogP contribution in [0.15, 0.2) is 24.3 Å². The van der Waals surface area contributed by atoms with Gasteiger partial charge >= 0.3 is 6.18 Å². The zero-order valence-corrected chi connectivity index (χ0v) is 16.3. The van der Waals surface area contributed by atoms with Gasteiger partial charge < -0.3 is 14.8 Å². The molecule has 0 aromatic heterocycles. The number of ether oxygens (including phenoxy) is 2. The van der Waals surface area contributed by atoms with Crippen LogP contribution in [0.3, 0.4) is 0 Å². The van der Waals surface area contributed by atoms with Crippen LogP contribution in [-0.2, 0) is 21.1 Å². The predicted octanol–water partition coefficient (Wildman–Crippen LogP) is 3.66. The minimum Gasteiger partial charge on any atom is -0.376 e. The quantitative estimate of drug-likeness (QED) is 0.758. The fourth-order valence-corrected chi connectivity index (χ4v) is 4.62. The van der Waals surface area contributed by atoms with Crippen LogP contribution < -0.4 is 5.32 Å². The Morgan fingerprint density at radius 3 is 2.70 bits per heavy atom. The highest BCUT2D eigenvalue weighted by Crippen LogP contribution is 2.44. The van der Waals surface area contributed by atoms with E-state index in [0.29, 0.717) is 12.7 Å². The summed E-state index contributed by atoms with van der Waals surface area (Å²) in [4.78, 5) is 0. The largest absolute Gasteiger partial charge is 0.416 e. The molecule has 0 saturated carbocycles. The first-order valence-corrected chi connectivity index (χ1v) is 9.95. The molecule has 1 aromatic rings. The summed E-state index contributed by atoms with van der Waals surface area (Å²) in [6, 6.07) is 5.90. The summed E-state index contributed by atoms with van der Waals surface area (Å²) < 4.78 is 51.3. The van der Waals surface area contributed by atoms with Crippen LogP contribution in [0.25, 0.3) is 0 Å². The van der Waals surface area contributed by atoms with Gasteiger partial charge in [0, 0.05) is 25.0 Å². The van der Waals surface area contributed by atoms with Gasteiger partial charge in [0.15, 0.2) is 0 Å². The molecular weight excluding hydrogens is 355 g/mol. The van der Waals surface area contributed by atoms with E-state index in [1.165, 1.54) is 6.07 Å². The molecule has 0 amide bonds. The Balaban J connectivity index is 1.76. The third-order valence-electron chi connectivity index (χ3n) is 5.92. The summed E-state index contributed by atoms with van der Waals surface area (Å²) in [6.07, 6.45) is 0.563. The fourth-order valence-electron chi connectivity index (χ4n) is 4.62. The number of halogens is 3. The van der Waals surface area contributed by atoms with Gasteiger partial charge in [-0.05, 0) is 51.2 Å². The van der Waals surface area contributed by atoms with Crippen LogP contribution in [0.2, 0.25) is 0 Å². The lowest BCUT2D eigenvalue weighted by molar-refractivity contribution is -0.662. The van der Waals surface area contributed by atoms with Crippen LogP contribution in [-0.4, -0.2) is 38.0 Å². The minimum absolute atomic E-state index is 0.282. The number of benzene rings is 1. The molecule has 0 aliphatic carbocycles. The van der Waals surface area contributed by atoms with E-state index < -0.39 is 11.7 Å². The van der Waals surface area contributed by atoms with Gasteiger partial charge in [0.05, 0.1) is 17.7 Å². The molecule has 0 unspecified atom stereocenters. The Labute approximate surface area is 159 Å². The van der Waals surface area contributed by atoms with Gasteiger partial charge in [-0.3, -0.25) is 0 Å². The van der Waals surface area contributed by atoms with Crippen molar-refractivity contribution in [1.82, 2.24) is 0 Å². The van der Waals surface area contributed by atoms with Gasteiger partial charge in [0.25, 0.3) is 0 Å². The second-order valence-corrected chi connectivity index (χ2v) is 8.59. The van der Waals surface area contributed by atoms with E-state index in [9.17, 15) is 13.2 Å². The molecule has 2 fully saturated rings. The van der Waals surface area contributed by atoms with Crippen molar-refractivity contribution >= 4 is 0 Å². The average Bonchev–Trinajstić information content (AvgIpc) is 3.11. The molecule has 0 spiro atoms. The maximum Gasteiger partial charge on any atom is 0.416 e. The van der Waals surface area contributed by atoms with E-state index in [1.807, 2.05) is 19.9 Å². The minimum atomic E-state index is -4.32. The molecule has 2 heterocycles. The SMILES string of the molecule is CC1(C)C[C@@](CC[NH2+]C[C@@H]2CCCO2)(c2cccc(C(F)(F)F)c2)CCO1. The highest BCUT2D eigenvalue weighted by Gasteiger charge is 2.43. The smallest absolute Gasteiger partial charge is 0.376 e. The molecule has 2 N–H and O–H groups in total. The van der Waals surface area contributed by atoms with Crippen LogP contribution in [0.1, 0.15) is 57.1 Å². The van der Waals surface area contributed by atoms with E-state index in [-0.39, 0.29) is 11.0 Å². The number of hydrogen-bond acceptors (Lipinski definition) is 2. The summed E-state index contributed by atoms with van der Waals surface area (Å²) in [6.45, 7) is 7.30. The van der Waals surface area contributed by atoms with E-state index in [4.69, 9.17) is 9.47 Å². The number of nitrogens with two attached hydrogens (primary N) is 1. The first-order valence-electron chi connectivity index (χ1n) is 9.95. The Hall–Kier alpha value is -1.11. The maximum absolute atomic E-state index is 13.2. The first kappa shape index (κ1) is 20.6. The average molecular weight is 386 g/mol. The summed E-state index contributed by atoms with van der Waals surface area (Å²) in [5.41, 5.74) is -0.386. The second kappa shape index (κ2) is 8.10. The van der Waals surface area contributed by atoms with Crippen molar-refractivity contribution in [3.05, 3.63) is 35.4 Å². The van der Waals surface area contributed by atoms with Crippen molar-refractivity contribution in [2.75, 3.05) is 26.3 Å². The van der Waals surface area contributed by atoms with Gasteiger partial charge in [-0.25, -0.2) is 0 Å². The highest BCUT2D eigenvalue weighted by atomic mass is 19.4. The highest BCUT2D eigenvalue weighted by molar-refractivity contribution is 5.33. The molecule has 6 heteroatoms. The van der Waals surface area contributed by atoms with Gasteiger partial charge in [-0.15, -0.1) is 0 Å². The maximum atomic E-state index is 13.2. The van der Waals surface area contributed by atoms with Crippen molar-refractivity contribution in [3.8, 4) is 0 Å². The van der Waals surface area contributed by atoms with Gasteiger partial charge in [-0.2, -0.15) is 13.2 Å². The summed E-state index contributed by atoms with van der Waals surface area (Å²) in [7, 11) is 0. The zero-order chi connectivity index (χ0) is 19.5. The Bertz CT molecular complexity index is 626. The molecule has 2 saturated heterocycles. The third-order valence-corrected chi connectivity index (χ3v) is 5.92. The summed E-state index contributed by atoms with van der Waals surface area (Å²) in [5, 5.41) is 2.26. The third kappa shape index (κ3) is 5.24. The van der Waals surface area contributed by atoms with E-state index in [2.05, 4.69) is 5.32 Å². The van der Waals surface area contributed by atoms with Gasteiger partial charge in [0.1, 0.15) is 12.6 Å². The normalized spacial score (nSPS) is 28.4. The monoisotopic (exact) mass is 386 g/mol. The molecular formula is C21H31F3NO2+. The number of quaternary nitrogens is 1. The molecule has 2 atom stereocenters. The lowest BCUT2D eigenvalue weighted by atomic mass is 9.67. The van der Waals surface area contributed by atoms with Crippen molar-refractivity contribution in [3.63, 3.8) is 0 Å². The van der Waals surface area contributed by atoms with Crippen molar-refractivity contribution in [1.29, 1.82) is 0 Å². The lowest BCUT2D eigenvalue weighted by Crippen LogP contribution is -2.86. The van der Waals surface area contributed by atoms with Crippen LogP contribution in [0, 0.1) is 0 Å². The molecule has 0 radical (unpaired) electrons. The molecule has 1 aromatic carbocycles. The van der Waals surface area contributed by atoms with Crippen LogP contribution in [0.4, 0.5) is 13.2 Å². The second-order valence-electron chi connectivity index (χ2n) is 8.59. The van der Waals surface area contributed by atoms with E-state index >= 15 is 0 Å². The van der Waals surface area contributed by atoms with Crippen LogP contribution in [0.5, 0.6) is 0 Å². The summed E-state index contributed by atoms with van der Waals surface area (Å²) in [5.74, 6) is 0. The predicted molar refractivity (Wildman–Crippen MR) is 97.6 cm³/mol. The van der Waals surface area contributed by atoms with Crippen molar-refractivity contribution in [2.45, 2.75) is 69.2 Å². The zero-order valence-electron chi connectivity index (χ0n) is 16.3. The van der Waals surface area contributed by atoms with Gasteiger partial charge in [0.2, 0.25) is 0 Å². The van der Waals surface area contributed by atoms with Crippen molar-refractivity contribution in [2.24, 2.45) is 0 Å². The Morgan fingerprint density at radius 1 is 1.22 bits per heavy atom. The number of hydrogen-bond donors (Lipinski definition) is 1. The lowest BCUT2D eigenvalue weighted by Gasteiger charge is -2.45. The van der Waals surface area contributed by atoms with Gasteiger partial charge in [-0.1, -0.05) is 18.2 Å². The van der Waals surface area contributed by atoms with Crippen LogP contribution >= 0.6 is 0 Å². The Kier molecular flexibility index (Phi) is 6.18. The standard InChI is InChI=1S/C21H30F3NO2/c1-19(2)15-20(9-12-27-19,8-10-25-14-18-7-4-11-26-18)16-5-3-6-17(13-16)21(22,23)24/h3,5-6,13,18,25H,4,7-12,14-15H2,1-2H3/p+1/t18-,20-/m0/s1. The number of rotatable bonds is 6. The van der Waals surface area contributed by atoms with E-state index in [0.717, 1.165) is 63.4 Å². The molecule has 2 aliphatic rings. The fraction of sp³-hybridized carbons (Fsp3) is 0.714. The molecule has 27 heavy (non-hydrogen) atoms. The molecule has 3 nitrogen and oxygen atoms in total.